The van der Waals surface area contributed by atoms with Crippen molar-refractivity contribution in [2.45, 2.75) is 11.2 Å². The van der Waals surface area contributed by atoms with Gasteiger partial charge in [-0.1, -0.05) is 22.0 Å². The van der Waals surface area contributed by atoms with Crippen LogP contribution in [0.3, 0.4) is 0 Å². The van der Waals surface area contributed by atoms with Crippen molar-refractivity contribution in [1.82, 2.24) is 9.97 Å². The molecule has 0 bridgehead atoms. The fourth-order valence-electron chi connectivity index (χ4n) is 1.61. The zero-order chi connectivity index (χ0) is 13.8. The van der Waals surface area contributed by atoms with Crippen molar-refractivity contribution in [3.05, 3.63) is 52.1 Å². The van der Waals surface area contributed by atoms with Gasteiger partial charge in [-0.2, -0.15) is 0 Å². The number of rotatable bonds is 4. The van der Waals surface area contributed by atoms with Gasteiger partial charge in [0.25, 0.3) is 0 Å². The van der Waals surface area contributed by atoms with Gasteiger partial charge in [0.05, 0.1) is 11.6 Å². The summed E-state index contributed by atoms with van der Waals surface area (Å²) in [7, 11) is 1.56. The number of ether oxygens (including phenoxy) is 1. The predicted octanol–water partition coefficient (Wildman–Crippen LogP) is 4.07. The SMILES string of the molecule is COc1cc(CC(Br)c2ccc(Br)c(F)c2)ncn1. The highest BCUT2D eigenvalue weighted by molar-refractivity contribution is 9.10. The van der Waals surface area contributed by atoms with Crippen LogP contribution in [0.1, 0.15) is 16.1 Å². The topological polar surface area (TPSA) is 35.0 Å². The maximum absolute atomic E-state index is 13.5. The molecule has 100 valence electrons. The van der Waals surface area contributed by atoms with Crippen LogP contribution in [0.15, 0.2) is 35.1 Å². The van der Waals surface area contributed by atoms with Crippen LogP contribution >= 0.6 is 31.9 Å². The first kappa shape index (κ1) is 14.4. The van der Waals surface area contributed by atoms with Crippen molar-refractivity contribution in [3.63, 3.8) is 0 Å². The van der Waals surface area contributed by atoms with Crippen LogP contribution in [-0.2, 0) is 6.42 Å². The predicted molar refractivity (Wildman–Crippen MR) is 78.1 cm³/mol. The Morgan fingerprint density at radius 3 is 2.79 bits per heavy atom. The molecule has 0 amide bonds. The van der Waals surface area contributed by atoms with Crippen molar-refractivity contribution in [3.8, 4) is 5.88 Å². The molecule has 1 atom stereocenters. The fourth-order valence-corrected chi connectivity index (χ4v) is 2.47. The Balaban J connectivity index is 2.15. The van der Waals surface area contributed by atoms with Gasteiger partial charge >= 0.3 is 0 Å². The molecule has 1 aromatic carbocycles. The lowest BCUT2D eigenvalue weighted by molar-refractivity contribution is 0.396. The molecule has 0 fully saturated rings. The zero-order valence-corrected chi connectivity index (χ0v) is 13.3. The summed E-state index contributed by atoms with van der Waals surface area (Å²) in [6.45, 7) is 0. The Morgan fingerprint density at radius 2 is 2.11 bits per heavy atom. The van der Waals surface area contributed by atoms with Crippen molar-refractivity contribution in [2.24, 2.45) is 0 Å². The second kappa shape index (κ2) is 6.43. The van der Waals surface area contributed by atoms with E-state index in [4.69, 9.17) is 4.74 Å². The Bertz CT molecular complexity index is 580. The first-order valence-corrected chi connectivity index (χ1v) is 7.25. The molecule has 0 aliphatic rings. The van der Waals surface area contributed by atoms with Crippen molar-refractivity contribution >= 4 is 31.9 Å². The van der Waals surface area contributed by atoms with E-state index in [2.05, 4.69) is 41.8 Å². The number of benzene rings is 1. The van der Waals surface area contributed by atoms with E-state index in [1.165, 1.54) is 12.4 Å². The number of alkyl halides is 1. The summed E-state index contributed by atoms with van der Waals surface area (Å²) in [6.07, 6.45) is 2.08. The maximum atomic E-state index is 13.5. The van der Waals surface area contributed by atoms with Crippen molar-refractivity contribution in [1.29, 1.82) is 0 Å². The van der Waals surface area contributed by atoms with E-state index in [1.807, 2.05) is 6.07 Å². The fraction of sp³-hybridized carbons (Fsp3) is 0.231. The lowest BCUT2D eigenvalue weighted by Crippen LogP contribution is -2.00. The average Bonchev–Trinajstić information content (AvgIpc) is 2.42. The number of nitrogens with zero attached hydrogens (tertiary/aromatic N) is 2. The third-order valence-corrected chi connectivity index (χ3v) is 4.10. The summed E-state index contributed by atoms with van der Waals surface area (Å²) >= 11 is 6.68. The van der Waals surface area contributed by atoms with E-state index in [9.17, 15) is 4.39 Å². The maximum Gasteiger partial charge on any atom is 0.216 e. The summed E-state index contributed by atoms with van der Waals surface area (Å²) in [5, 5.41) is 0. The van der Waals surface area contributed by atoms with Gasteiger partial charge in [-0.15, -0.1) is 0 Å². The summed E-state index contributed by atoms with van der Waals surface area (Å²) in [5.74, 6) is 0.244. The number of hydrogen-bond donors (Lipinski definition) is 0. The molecular formula is C13H11Br2FN2O. The Labute approximate surface area is 127 Å². The normalized spacial score (nSPS) is 12.2. The first-order valence-electron chi connectivity index (χ1n) is 5.54. The van der Waals surface area contributed by atoms with E-state index in [0.29, 0.717) is 16.8 Å². The van der Waals surface area contributed by atoms with Gasteiger partial charge in [0.2, 0.25) is 5.88 Å². The molecule has 0 N–H and O–H groups in total. The second-order valence-corrected chi connectivity index (χ2v) is 5.86. The Hall–Kier alpha value is -1.01. The summed E-state index contributed by atoms with van der Waals surface area (Å²) in [5.41, 5.74) is 1.69. The van der Waals surface area contributed by atoms with Crippen LogP contribution in [0, 0.1) is 5.82 Å². The van der Waals surface area contributed by atoms with Crippen LogP contribution in [0.5, 0.6) is 5.88 Å². The summed E-state index contributed by atoms with van der Waals surface area (Å²) in [4.78, 5) is 8.10. The van der Waals surface area contributed by atoms with E-state index < -0.39 is 0 Å². The lowest BCUT2D eigenvalue weighted by Gasteiger charge is -2.10. The number of methoxy groups -OCH3 is 1. The highest BCUT2D eigenvalue weighted by Crippen LogP contribution is 2.29. The minimum absolute atomic E-state index is 0.0188. The molecular weight excluding hydrogens is 379 g/mol. The molecule has 1 aromatic heterocycles. The van der Waals surface area contributed by atoms with Gasteiger partial charge in [-0.3, -0.25) is 0 Å². The molecule has 0 aliphatic carbocycles. The Kier molecular flexibility index (Phi) is 4.87. The molecule has 0 aliphatic heterocycles. The minimum atomic E-state index is -0.276. The highest BCUT2D eigenvalue weighted by Gasteiger charge is 2.12. The largest absolute Gasteiger partial charge is 0.481 e. The third kappa shape index (κ3) is 3.73. The molecule has 2 rings (SSSR count). The van der Waals surface area contributed by atoms with Gasteiger partial charge in [-0.25, -0.2) is 14.4 Å². The number of halogens is 3. The van der Waals surface area contributed by atoms with Gasteiger partial charge in [0.15, 0.2) is 0 Å². The van der Waals surface area contributed by atoms with Crippen molar-refractivity contribution in [2.75, 3.05) is 7.11 Å². The molecule has 0 saturated heterocycles. The standard InChI is InChI=1S/C13H11Br2FN2O/c1-19-13-6-9(17-7-18-13)5-11(15)8-2-3-10(14)12(16)4-8/h2-4,6-7,11H,5H2,1H3. The first-order chi connectivity index (χ1) is 9.10. The van der Waals surface area contributed by atoms with E-state index in [-0.39, 0.29) is 10.6 Å². The molecule has 19 heavy (non-hydrogen) atoms. The van der Waals surface area contributed by atoms with E-state index in [0.717, 1.165) is 11.3 Å². The van der Waals surface area contributed by atoms with Crippen LogP contribution in [0.25, 0.3) is 0 Å². The average molecular weight is 390 g/mol. The molecule has 3 nitrogen and oxygen atoms in total. The lowest BCUT2D eigenvalue weighted by atomic mass is 10.1. The Morgan fingerprint density at radius 1 is 1.32 bits per heavy atom. The van der Waals surface area contributed by atoms with Crippen molar-refractivity contribution < 1.29 is 9.13 Å². The van der Waals surface area contributed by atoms with Crippen LogP contribution in [0.2, 0.25) is 0 Å². The molecule has 0 saturated carbocycles. The third-order valence-electron chi connectivity index (χ3n) is 2.60. The van der Waals surface area contributed by atoms with Crippen LogP contribution in [-0.4, -0.2) is 17.1 Å². The minimum Gasteiger partial charge on any atom is -0.481 e. The molecule has 1 unspecified atom stereocenters. The second-order valence-electron chi connectivity index (χ2n) is 3.90. The highest BCUT2D eigenvalue weighted by atomic mass is 79.9. The molecule has 0 spiro atoms. The van der Waals surface area contributed by atoms with E-state index >= 15 is 0 Å². The molecule has 1 heterocycles. The van der Waals surface area contributed by atoms with Gasteiger partial charge < -0.3 is 4.74 Å². The zero-order valence-electron chi connectivity index (χ0n) is 10.1. The van der Waals surface area contributed by atoms with Crippen LogP contribution in [0.4, 0.5) is 4.39 Å². The molecule has 6 heteroatoms. The quantitative estimate of drug-likeness (QED) is 0.739. The number of aromatic nitrogens is 2. The van der Waals surface area contributed by atoms with Crippen LogP contribution < -0.4 is 4.74 Å². The summed E-state index contributed by atoms with van der Waals surface area (Å²) in [6, 6.07) is 6.83. The monoisotopic (exact) mass is 388 g/mol. The van der Waals surface area contributed by atoms with Gasteiger partial charge in [0.1, 0.15) is 12.1 Å². The number of hydrogen-bond acceptors (Lipinski definition) is 3. The smallest absolute Gasteiger partial charge is 0.216 e. The van der Waals surface area contributed by atoms with Gasteiger partial charge in [0, 0.05) is 23.0 Å². The van der Waals surface area contributed by atoms with Gasteiger partial charge in [-0.05, 0) is 33.6 Å². The molecule has 0 radical (unpaired) electrons. The summed E-state index contributed by atoms with van der Waals surface area (Å²) < 4.78 is 19.0. The molecule has 2 aromatic rings. The van der Waals surface area contributed by atoms with E-state index in [1.54, 1.807) is 19.2 Å².